The van der Waals surface area contributed by atoms with Gasteiger partial charge in [0.15, 0.2) is 0 Å². The Kier molecular flexibility index (Phi) is 7.92. The average molecular weight is 560 g/mol. The summed E-state index contributed by atoms with van der Waals surface area (Å²) in [7, 11) is 1.59. The Hall–Kier alpha value is -2.56. The van der Waals surface area contributed by atoms with Gasteiger partial charge in [-0.3, -0.25) is 9.69 Å². The van der Waals surface area contributed by atoms with Crippen LogP contribution in [0.15, 0.2) is 56.6 Å². The Bertz CT molecular complexity index is 1280. The molecule has 0 aliphatic carbocycles. The number of amides is 1. The molecule has 0 bridgehead atoms. The van der Waals surface area contributed by atoms with Crippen LogP contribution in [0, 0.1) is 0 Å². The second kappa shape index (κ2) is 10.7. The monoisotopic (exact) mass is 559 g/mol. The molecule has 1 atom stereocenters. The lowest BCUT2D eigenvalue weighted by atomic mass is 9.85. The summed E-state index contributed by atoms with van der Waals surface area (Å²) in [5.74, 6) is -0.392. The number of anilines is 1. The normalized spacial score (nSPS) is 21.8. The summed E-state index contributed by atoms with van der Waals surface area (Å²) in [6.45, 7) is 9.76. The van der Waals surface area contributed by atoms with Crippen LogP contribution in [0.5, 0.6) is 5.75 Å². The van der Waals surface area contributed by atoms with Crippen molar-refractivity contribution in [3.63, 3.8) is 0 Å². The highest BCUT2D eigenvalue weighted by molar-refractivity contribution is 8.25. The first kappa shape index (κ1) is 27.5. The van der Waals surface area contributed by atoms with Crippen LogP contribution in [0.2, 0.25) is 0 Å². The molecule has 0 radical (unpaired) electrons. The molecular formula is C27H29NO6S3. The molecule has 0 saturated carbocycles. The molecule has 0 saturated heterocycles. The summed E-state index contributed by atoms with van der Waals surface area (Å²) in [5.41, 5.74) is 1.63. The highest BCUT2D eigenvalue weighted by Gasteiger charge is 2.54. The van der Waals surface area contributed by atoms with Gasteiger partial charge in [0.2, 0.25) is 0 Å². The third-order valence-corrected chi connectivity index (χ3v) is 10.3. The molecule has 0 N–H and O–H groups in total. The number of methoxy groups -OCH3 is 1. The fourth-order valence-corrected chi connectivity index (χ4v) is 8.89. The van der Waals surface area contributed by atoms with E-state index in [1.165, 1.54) is 41.4 Å². The molecule has 1 amide bonds. The topological polar surface area (TPSA) is 82.1 Å². The van der Waals surface area contributed by atoms with Crippen LogP contribution in [0.25, 0.3) is 5.57 Å². The van der Waals surface area contributed by atoms with Crippen molar-refractivity contribution in [1.29, 1.82) is 0 Å². The van der Waals surface area contributed by atoms with Crippen molar-refractivity contribution in [3.05, 3.63) is 62.1 Å². The van der Waals surface area contributed by atoms with Crippen molar-refractivity contribution in [2.75, 3.05) is 25.2 Å². The van der Waals surface area contributed by atoms with E-state index in [1.807, 2.05) is 38.1 Å². The minimum absolute atomic E-state index is 0.176. The first-order valence-corrected chi connectivity index (χ1v) is 14.4. The van der Waals surface area contributed by atoms with E-state index in [-0.39, 0.29) is 19.1 Å². The molecule has 1 aromatic carbocycles. The van der Waals surface area contributed by atoms with Crippen LogP contribution < -0.4 is 9.64 Å². The van der Waals surface area contributed by atoms with Gasteiger partial charge in [-0.25, -0.2) is 9.59 Å². The van der Waals surface area contributed by atoms with Crippen LogP contribution in [0.1, 0.15) is 40.2 Å². The first-order valence-electron chi connectivity index (χ1n) is 11.9. The van der Waals surface area contributed by atoms with E-state index in [4.69, 9.17) is 14.2 Å². The first-order chi connectivity index (χ1) is 17.6. The molecule has 1 unspecified atom stereocenters. The third kappa shape index (κ3) is 4.75. The second-order valence-corrected chi connectivity index (χ2v) is 12.5. The van der Waals surface area contributed by atoms with Crippen molar-refractivity contribution >= 4 is 64.4 Å². The van der Waals surface area contributed by atoms with Crippen molar-refractivity contribution in [1.82, 2.24) is 0 Å². The van der Waals surface area contributed by atoms with Crippen LogP contribution in [-0.2, 0) is 23.9 Å². The van der Waals surface area contributed by atoms with Gasteiger partial charge in [0.1, 0.15) is 14.7 Å². The van der Waals surface area contributed by atoms with Gasteiger partial charge in [-0.15, -0.1) is 11.8 Å². The van der Waals surface area contributed by atoms with Crippen molar-refractivity contribution in [2.45, 2.75) is 44.2 Å². The van der Waals surface area contributed by atoms with Gasteiger partial charge in [0.05, 0.1) is 36.5 Å². The van der Waals surface area contributed by atoms with E-state index in [9.17, 15) is 14.4 Å². The zero-order valence-corrected chi connectivity index (χ0v) is 24.0. The Morgan fingerprint density at radius 1 is 1.05 bits per heavy atom. The smallest absolute Gasteiger partial charge is 0.345 e. The molecule has 10 heteroatoms. The molecule has 3 aliphatic rings. The zero-order chi connectivity index (χ0) is 27.0. The summed E-state index contributed by atoms with van der Waals surface area (Å²) in [5, 5.41) is 1.78. The number of ether oxygens (including phenoxy) is 3. The van der Waals surface area contributed by atoms with E-state index in [1.54, 1.807) is 44.3 Å². The van der Waals surface area contributed by atoms with Gasteiger partial charge < -0.3 is 14.2 Å². The Morgan fingerprint density at radius 3 is 2.35 bits per heavy atom. The van der Waals surface area contributed by atoms with Crippen molar-refractivity contribution in [2.24, 2.45) is 0 Å². The van der Waals surface area contributed by atoms with E-state index in [0.717, 1.165) is 21.7 Å². The number of allylic oxidation sites excluding steroid dienone is 1. The fraction of sp³-hybridized carbons (Fsp3) is 0.370. The average Bonchev–Trinajstić information content (AvgIpc) is 3.28. The van der Waals surface area contributed by atoms with Crippen molar-refractivity contribution < 1.29 is 28.6 Å². The molecule has 0 aromatic heterocycles. The van der Waals surface area contributed by atoms with E-state index >= 15 is 0 Å². The maximum absolute atomic E-state index is 13.4. The van der Waals surface area contributed by atoms with Gasteiger partial charge in [-0.1, -0.05) is 29.6 Å². The largest absolute Gasteiger partial charge is 0.497 e. The standard InChI is InChI=1S/C27H29NO6S3/c1-7-10-21(29)28-18-12-11-16(32-6)13-17(18)22-23(26(28,4)5)36-19(24(30)33-8-2)14-27(22)35-15-20(37-27)25(31)34-9-3/h7,10-15H,8-9H2,1-6H3. The van der Waals surface area contributed by atoms with Gasteiger partial charge in [0.25, 0.3) is 5.91 Å². The van der Waals surface area contributed by atoms with Crippen LogP contribution >= 0.6 is 35.3 Å². The number of esters is 2. The molecule has 3 aliphatic heterocycles. The SMILES string of the molecule is CC=CC(=O)N1c2ccc(OC)cc2C2=C(SC(C(=O)OCC)=CC23SC=C(C(=O)OCC)S3)C1(C)C. The number of rotatable bonds is 6. The Morgan fingerprint density at radius 2 is 1.73 bits per heavy atom. The maximum Gasteiger partial charge on any atom is 0.345 e. The van der Waals surface area contributed by atoms with Crippen LogP contribution in [0.3, 0.4) is 0 Å². The van der Waals surface area contributed by atoms with Gasteiger partial charge in [-0.05, 0) is 70.4 Å². The molecule has 37 heavy (non-hydrogen) atoms. The quantitative estimate of drug-likeness (QED) is 0.313. The predicted molar refractivity (Wildman–Crippen MR) is 151 cm³/mol. The number of hydrogen-bond donors (Lipinski definition) is 0. The summed E-state index contributed by atoms with van der Waals surface area (Å²) < 4.78 is 15.4. The number of carbonyl (C=O) groups is 3. The summed E-state index contributed by atoms with van der Waals surface area (Å²) in [6.07, 6.45) is 5.12. The molecule has 4 rings (SSSR count). The number of nitrogens with zero attached hydrogens (tertiary/aromatic N) is 1. The maximum atomic E-state index is 13.4. The number of hydrogen-bond acceptors (Lipinski definition) is 9. The number of carbonyl (C=O) groups excluding carboxylic acids is 3. The molecule has 0 fully saturated rings. The minimum Gasteiger partial charge on any atom is -0.497 e. The lowest BCUT2D eigenvalue weighted by Crippen LogP contribution is -2.52. The summed E-state index contributed by atoms with van der Waals surface area (Å²) >= 11 is 4.09. The lowest BCUT2D eigenvalue weighted by Gasteiger charge is -2.49. The molecule has 196 valence electrons. The molecular weight excluding hydrogens is 530 g/mol. The number of thioether (sulfide) groups is 3. The highest BCUT2D eigenvalue weighted by atomic mass is 32.2. The third-order valence-electron chi connectivity index (χ3n) is 6.02. The van der Waals surface area contributed by atoms with Crippen LogP contribution in [-0.4, -0.2) is 47.8 Å². The van der Waals surface area contributed by atoms with E-state index < -0.39 is 21.6 Å². The zero-order valence-electron chi connectivity index (χ0n) is 21.6. The number of benzene rings is 1. The Labute approximate surface area is 229 Å². The number of fused-ring (bicyclic) bond motifs is 3. The fourth-order valence-electron chi connectivity index (χ4n) is 4.51. The molecule has 3 heterocycles. The predicted octanol–water partition coefficient (Wildman–Crippen LogP) is 5.88. The second-order valence-electron chi connectivity index (χ2n) is 8.74. The lowest BCUT2D eigenvalue weighted by molar-refractivity contribution is -0.138. The van der Waals surface area contributed by atoms with E-state index in [0.29, 0.717) is 15.6 Å². The minimum atomic E-state index is -0.848. The molecule has 1 spiro atoms. The molecule has 7 nitrogen and oxygen atoms in total. The van der Waals surface area contributed by atoms with Gasteiger partial charge in [0, 0.05) is 16.0 Å². The summed E-state index contributed by atoms with van der Waals surface area (Å²) in [6, 6.07) is 5.62. The van der Waals surface area contributed by atoms with Crippen LogP contribution in [0.4, 0.5) is 5.69 Å². The van der Waals surface area contributed by atoms with Gasteiger partial charge >= 0.3 is 11.9 Å². The highest BCUT2D eigenvalue weighted by Crippen LogP contribution is 2.66. The van der Waals surface area contributed by atoms with E-state index in [2.05, 4.69) is 0 Å². The van der Waals surface area contributed by atoms with Gasteiger partial charge in [-0.2, -0.15) is 0 Å². The summed E-state index contributed by atoms with van der Waals surface area (Å²) in [4.78, 5) is 42.6. The molecule has 1 aromatic rings. The Balaban J connectivity index is 1.98. The van der Waals surface area contributed by atoms with Crippen molar-refractivity contribution in [3.8, 4) is 5.75 Å².